The van der Waals surface area contributed by atoms with Gasteiger partial charge in [0, 0.05) is 35.5 Å². The van der Waals surface area contributed by atoms with E-state index in [9.17, 15) is 14.4 Å². The molecule has 0 aromatic carbocycles. The zero-order valence-corrected chi connectivity index (χ0v) is 23.4. The fraction of sp³-hybridized carbons (Fsp3) is 0.828. The first kappa shape index (κ1) is 26.2. The molecule has 0 aromatic heterocycles. The van der Waals surface area contributed by atoms with Crippen LogP contribution in [0.3, 0.4) is 0 Å². The molecule has 7 atom stereocenters. The topological polar surface area (TPSA) is 69.7 Å². The Morgan fingerprint density at radius 3 is 2.26 bits per heavy atom. The molecule has 3 saturated carbocycles. The number of hydrogen-bond acceptors (Lipinski definition) is 3. The van der Waals surface area contributed by atoms with Gasteiger partial charge in [-0.3, -0.25) is 14.5 Å². The van der Waals surface area contributed by atoms with Gasteiger partial charge >= 0.3 is 6.03 Å². The SMILES string of the molecule is CN1C(=O)C=C[C@@]2(C)C1CC[C@@H]1[C@H]2CC[C@]2(C)C(C(=O)N(C(=O)NC(C)(C)C)C(C)(C)C)CC[C@@H]12. The number of carbonyl (C=O) groups is 3. The lowest BCUT2D eigenvalue weighted by Crippen LogP contribution is -2.61. The second-order valence-electron chi connectivity index (χ2n) is 14.3. The number of rotatable bonds is 1. The van der Waals surface area contributed by atoms with E-state index in [0.717, 1.165) is 38.5 Å². The average molecular weight is 486 g/mol. The smallest absolute Gasteiger partial charge is 0.324 e. The maximum atomic E-state index is 14.1. The number of carbonyl (C=O) groups excluding carboxylic acids is 3. The molecule has 1 aliphatic heterocycles. The van der Waals surface area contributed by atoms with Gasteiger partial charge in [-0.15, -0.1) is 0 Å². The van der Waals surface area contributed by atoms with Crippen molar-refractivity contribution in [1.82, 2.24) is 15.1 Å². The molecule has 6 nitrogen and oxygen atoms in total. The van der Waals surface area contributed by atoms with Crippen molar-refractivity contribution in [2.45, 2.75) is 111 Å². The molecular formula is C29H47N3O3. The lowest BCUT2D eigenvalue weighted by molar-refractivity contribution is -0.148. The van der Waals surface area contributed by atoms with Crippen molar-refractivity contribution in [2.24, 2.45) is 34.5 Å². The van der Waals surface area contributed by atoms with E-state index in [1.165, 1.54) is 4.90 Å². The summed E-state index contributed by atoms with van der Waals surface area (Å²) in [5.41, 5.74) is -1.09. The summed E-state index contributed by atoms with van der Waals surface area (Å²) in [7, 11) is 1.95. The van der Waals surface area contributed by atoms with Gasteiger partial charge < -0.3 is 10.2 Å². The molecule has 4 aliphatic rings. The number of fused-ring (bicyclic) bond motifs is 5. The Hall–Kier alpha value is -1.85. The first-order valence-corrected chi connectivity index (χ1v) is 13.6. The van der Waals surface area contributed by atoms with Crippen molar-refractivity contribution < 1.29 is 14.4 Å². The van der Waals surface area contributed by atoms with Gasteiger partial charge in [0.2, 0.25) is 11.8 Å². The quantitative estimate of drug-likeness (QED) is 0.542. The molecule has 1 N–H and O–H groups in total. The van der Waals surface area contributed by atoms with Crippen molar-refractivity contribution in [3.63, 3.8) is 0 Å². The van der Waals surface area contributed by atoms with E-state index >= 15 is 0 Å². The van der Waals surface area contributed by atoms with Gasteiger partial charge in [-0.1, -0.05) is 19.9 Å². The van der Waals surface area contributed by atoms with Gasteiger partial charge in [0.05, 0.1) is 0 Å². The molecule has 0 spiro atoms. The maximum Gasteiger partial charge on any atom is 0.324 e. The van der Waals surface area contributed by atoms with E-state index in [4.69, 9.17) is 0 Å². The summed E-state index contributed by atoms with van der Waals surface area (Å²) in [5, 5.41) is 3.03. The second-order valence-corrected chi connectivity index (χ2v) is 14.3. The van der Waals surface area contributed by atoms with Crippen molar-refractivity contribution in [3.05, 3.63) is 12.2 Å². The summed E-state index contributed by atoms with van der Waals surface area (Å²) in [6.07, 6.45) is 10.1. The number of amides is 4. The summed E-state index contributed by atoms with van der Waals surface area (Å²) in [4.78, 5) is 43.2. The fourth-order valence-electron chi connectivity index (χ4n) is 8.41. The fourth-order valence-corrected chi connectivity index (χ4v) is 8.41. The van der Waals surface area contributed by atoms with Crippen LogP contribution in [-0.4, -0.2) is 51.8 Å². The van der Waals surface area contributed by atoms with Crippen molar-refractivity contribution in [3.8, 4) is 0 Å². The van der Waals surface area contributed by atoms with Crippen LogP contribution in [0.1, 0.15) is 93.9 Å². The Morgan fingerprint density at radius 1 is 1.00 bits per heavy atom. The number of nitrogens with one attached hydrogen (secondary N) is 1. The highest BCUT2D eigenvalue weighted by Crippen LogP contribution is 2.65. The van der Waals surface area contributed by atoms with Crippen LogP contribution in [0.15, 0.2) is 12.2 Å². The molecule has 3 fully saturated rings. The Kier molecular flexibility index (Phi) is 6.25. The van der Waals surface area contributed by atoms with E-state index < -0.39 is 11.1 Å². The van der Waals surface area contributed by atoms with Gasteiger partial charge in [0.1, 0.15) is 0 Å². The average Bonchev–Trinajstić information content (AvgIpc) is 3.06. The molecule has 196 valence electrons. The summed E-state index contributed by atoms with van der Waals surface area (Å²) in [6, 6.07) is -0.0225. The molecule has 0 aromatic rings. The Labute approximate surface area is 212 Å². The third-order valence-electron chi connectivity index (χ3n) is 10.0. The van der Waals surface area contributed by atoms with E-state index in [0.29, 0.717) is 17.8 Å². The van der Waals surface area contributed by atoms with Crippen LogP contribution in [-0.2, 0) is 9.59 Å². The van der Waals surface area contributed by atoms with Crippen molar-refractivity contribution >= 4 is 17.8 Å². The van der Waals surface area contributed by atoms with Gasteiger partial charge in [-0.05, 0) is 109 Å². The minimum atomic E-state index is -0.590. The molecule has 0 radical (unpaired) electrons. The summed E-state index contributed by atoms with van der Waals surface area (Å²) >= 11 is 0. The first-order valence-electron chi connectivity index (χ1n) is 13.6. The third kappa shape index (κ3) is 4.23. The van der Waals surface area contributed by atoms with Crippen LogP contribution >= 0.6 is 0 Å². The lowest BCUT2D eigenvalue weighted by atomic mass is 9.47. The van der Waals surface area contributed by atoms with Crippen LogP contribution < -0.4 is 5.32 Å². The minimum absolute atomic E-state index is 0.000951. The molecule has 0 bridgehead atoms. The maximum absolute atomic E-state index is 14.1. The monoisotopic (exact) mass is 485 g/mol. The van der Waals surface area contributed by atoms with Gasteiger partial charge in [0.15, 0.2) is 0 Å². The molecule has 6 heteroatoms. The number of urea groups is 1. The Balaban J connectivity index is 1.61. The highest BCUT2D eigenvalue weighted by Gasteiger charge is 2.62. The minimum Gasteiger partial charge on any atom is -0.338 e. The summed E-state index contributed by atoms with van der Waals surface area (Å²) < 4.78 is 0. The van der Waals surface area contributed by atoms with E-state index in [1.807, 2.05) is 53.5 Å². The number of nitrogens with zero attached hydrogens (tertiary/aromatic N) is 2. The van der Waals surface area contributed by atoms with E-state index in [-0.39, 0.29) is 40.6 Å². The molecule has 3 aliphatic carbocycles. The van der Waals surface area contributed by atoms with Crippen LogP contribution in [0, 0.1) is 34.5 Å². The predicted octanol–water partition coefficient (Wildman–Crippen LogP) is 5.38. The zero-order valence-electron chi connectivity index (χ0n) is 23.4. The molecule has 0 saturated heterocycles. The van der Waals surface area contributed by atoms with Crippen molar-refractivity contribution in [1.29, 1.82) is 0 Å². The highest BCUT2D eigenvalue weighted by molar-refractivity contribution is 5.97. The second kappa shape index (κ2) is 8.34. The molecular weight excluding hydrogens is 438 g/mol. The van der Waals surface area contributed by atoms with Gasteiger partial charge in [-0.2, -0.15) is 0 Å². The van der Waals surface area contributed by atoms with Crippen LogP contribution in [0.4, 0.5) is 4.79 Å². The lowest BCUT2D eigenvalue weighted by Gasteiger charge is -2.60. The number of hydrogen-bond donors (Lipinski definition) is 1. The third-order valence-corrected chi connectivity index (χ3v) is 10.0. The Bertz CT molecular complexity index is 928. The molecule has 35 heavy (non-hydrogen) atoms. The summed E-state index contributed by atoms with van der Waals surface area (Å²) in [6.45, 7) is 16.4. The van der Waals surface area contributed by atoms with Crippen LogP contribution in [0.2, 0.25) is 0 Å². The summed E-state index contributed by atoms with van der Waals surface area (Å²) in [5.74, 6) is 1.56. The van der Waals surface area contributed by atoms with Gasteiger partial charge in [0.25, 0.3) is 0 Å². The molecule has 1 heterocycles. The standard InChI is InChI=1S/C29H47N3O3/c1-26(2,3)30-25(35)32(27(4,5)6)24(34)21-12-11-19-18-10-13-22-29(8,17-15-23(33)31(22)9)20(18)14-16-28(19,21)7/h15,17-22H,10-14,16H2,1-9H3,(H,30,35)/t18-,19-,20+,21?,22?,28-,29+/m0/s1. The molecule has 4 rings (SSSR count). The Morgan fingerprint density at radius 2 is 1.66 bits per heavy atom. The first-order chi connectivity index (χ1) is 16.0. The van der Waals surface area contributed by atoms with Crippen molar-refractivity contribution in [2.75, 3.05) is 7.05 Å². The van der Waals surface area contributed by atoms with Crippen LogP contribution in [0.5, 0.6) is 0 Å². The predicted molar refractivity (Wildman–Crippen MR) is 138 cm³/mol. The van der Waals surface area contributed by atoms with E-state index in [1.54, 1.807) is 6.08 Å². The number of likely N-dealkylation sites (N-methyl/N-ethyl adjacent to an activating group) is 1. The highest BCUT2D eigenvalue weighted by atomic mass is 16.2. The largest absolute Gasteiger partial charge is 0.338 e. The normalized spacial score (nSPS) is 38.9. The van der Waals surface area contributed by atoms with Crippen LogP contribution in [0.25, 0.3) is 0 Å². The van der Waals surface area contributed by atoms with E-state index in [2.05, 4.69) is 25.2 Å². The zero-order chi connectivity index (χ0) is 26.1. The number of imide groups is 1. The van der Waals surface area contributed by atoms with Gasteiger partial charge in [-0.25, -0.2) is 4.79 Å². The molecule has 2 unspecified atom stereocenters. The molecule has 4 amide bonds.